The van der Waals surface area contributed by atoms with Gasteiger partial charge >= 0.3 is 0 Å². The molecule has 2 aromatic heterocycles. The molecule has 0 spiro atoms. The first-order chi connectivity index (χ1) is 10.8. The summed E-state index contributed by atoms with van der Waals surface area (Å²) >= 11 is 1.77. The Bertz CT molecular complexity index is 563. The Balaban J connectivity index is 1.51. The Morgan fingerprint density at radius 3 is 2.95 bits per heavy atom. The summed E-state index contributed by atoms with van der Waals surface area (Å²) in [5.41, 5.74) is 0. The highest BCUT2D eigenvalue weighted by Crippen LogP contribution is 2.27. The molecule has 0 aromatic carbocycles. The number of hydrogen-bond donors (Lipinski definition) is 1. The average molecular weight is 319 g/mol. The van der Waals surface area contributed by atoms with E-state index in [1.807, 2.05) is 0 Å². The minimum Gasteiger partial charge on any atom is -0.354 e. The van der Waals surface area contributed by atoms with Gasteiger partial charge in [-0.2, -0.15) is 5.10 Å². The number of rotatable bonds is 7. The van der Waals surface area contributed by atoms with E-state index < -0.39 is 0 Å². The molecule has 2 aromatic rings. The van der Waals surface area contributed by atoms with Crippen LogP contribution in [0.2, 0.25) is 0 Å². The normalized spacial score (nSPS) is 16.7. The number of likely N-dealkylation sites (tertiary alicyclic amines) is 1. The lowest BCUT2D eigenvalue weighted by atomic mass is 10.2. The van der Waals surface area contributed by atoms with Crippen LogP contribution in [-0.4, -0.2) is 45.2 Å². The largest absolute Gasteiger partial charge is 0.354 e. The predicted molar refractivity (Wildman–Crippen MR) is 85.5 cm³/mol. The van der Waals surface area contributed by atoms with Crippen molar-refractivity contribution in [3.8, 4) is 0 Å². The van der Waals surface area contributed by atoms with Crippen molar-refractivity contribution in [2.24, 2.45) is 0 Å². The standard InChI is InChI=1S/C15H21N5OS/c21-15(5-8-20-12-16-11-18-20)17-10-13(14-4-3-9-22-14)19-6-1-2-7-19/h3-4,9,11-13H,1-2,5-8,10H2,(H,17,21)/t13-/m0/s1. The molecular weight excluding hydrogens is 298 g/mol. The quantitative estimate of drug-likeness (QED) is 0.843. The number of aromatic nitrogens is 3. The fourth-order valence-electron chi connectivity index (χ4n) is 2.81. The topological polar surface area (TPSA) is 63.1 Å². The van der Waals surface area contributed by atoms with E-state index in [0.717, 1.165) is 13.1 Å². The molecule has 1 saturated heterocycles. The van der Waals surface area contributed by atoms with E-state index in [0.29, 0.717) is 25.6 Å². The molecule has 0 unspecified atom stereocenters. The third-order valence-corrected chi connectivity index (χ3v) is 4.95. The van der Waals surface area contributed by atoms with Crippen molar-refractivity contribution in [3.05, 3.63) is 35.0 Å². The highest BCUT2D eigenvalue weighted by atomic mass is 32.1. The minimum absolute atomic E-state index is 0.0660. The zero-order valence-corrected chi connectivity index (χ0v) is 13.3. The van der Waals surface area contributed by atoms with Gasteiger partial charge in [-0.05, 0) is 37.4 Å². The van der Waals surface area contributed by atoms with Crippen molar-refractivity contribution in [1.82, 2.24) is 25.0 Å². The Hall–Kier alpha value is -1.73. The summed E-state index contributed by atoms with van der Waals surface area (Å²) in [6.45, 7) is 3.49. The van der Waals surface area contributed by atoms with Crippen molar-refractivity contribution in [3.63, 3.8) is 0 Å². The summed E-state index contributed by atoms with van der Waals surface area (Å²) in [6.07, 6.45) is 6.05. The molecule has 7 heteroatoms. The first-order valence-corrected chi connectivity index (χ1v) is 8.57. The summed E-state index contributed by atoms with van der Waals surface area (Å²) in [5.74, 6) is 0.0660. The number of carbonyl (C=O) groups is 1. The Labute approximate surface area is 134 Å². The van der Waals surface area contributed by atoms with Crippen LogP contribution >= 0.6 is 11.3 Å². The van der Waals surface area contributed by atoms with Gasteiger partial charge in [-0.25, -0.2) is 4.98 Å². The van der Waals surface area contributed by atoms with E-state index >= 15 is 0 Å². The number of thiophene rings is 1. The summed E-state index contributed by atoms with van der Waals surface area (Å²) in [6, 6.07) is 4.54. The third-order valence-electron chi connectivity index (χ3n) is 3.98. The minimum atomic E-state index is 0.0660. The van der Waals surface area contributed by atoms with Gasteiger partial charge in [0.1, 0.15) is 12.7 Å². The first kappa shape index (κ1) is 15.2. The number of hydrogen-bond acceptors (Lipinski definition) is 5. The van der Waals surface area contributed by atoms with Crippen molar-refractivity contribution < 1.29 is 4.79 Å². The molecule has 118 valence electrons. The van der Waals surface area contributed by atoms with Gasteiger partial charge in [-0.3, -0.25) is 14.4 Å². The van der Waals surface area contributed by atoms with E-state index in [9.17, 15) is 4.79 Å². The molecule has 3 rings (SSSR count). The number of amides is 1. The molecule has 3 heterocycles. The molecule has 1 atom stereocenters. The van der Waals surface area contributed by atoms with Gasteiger partial charge in [0.25, 0.3) is 0 Å². The zero-order valence-electron chi connectivity index (χ0n) is 12.5. The number of carbonyl (C=O) groups excluding carboxylic acids is 1. The van der Waals surface area contributed by atoms with E-state index in [4.69, 9.17) is 0 Å². The van der Waals surface area contributed by atoms with E-state index in [-0.39, 0.29) is 5.91 Å². The molecule has 22 heavy (non-hydrogen) atoms. The van der Waals surface area contributed by atoms with Crippen LogP contribution in [-0.2, 0) is 11.3 Å². The van der Waals surface area contributed by atoms with E-state index in [2.05, 4.69) is 37.8 Å². The van der Waals surface area contributed by atoms with E-state index in [1.54, 1.807) is 22.3 Å². The first-order valence-electron chi connectivity index (χ1n) is 7.69. The lowest BCUT2D eigenvalue weighted by Crippen LogP contribution is -2.36. The number of nitrogens with zero attached hydrogens (tertiary/aromatic N) is 4. The van der Waals surface area contributed by atoms with Gasteiger partial charge in [-0.1, -0.05) is 6.07 Å². The zero-order chi connectivity index (χ0) is 15.2. The van der Waals surface area contributed by atoms with E-state index in [1.165, 1.54) is 24.0 Å². The average Bonchev–Trinajstić information content (AvgIpc) is 3.27. The molecule has 0 saturated carbocycles. The monoisotopic (exact) mass is 319 g/mol. The van der Waals surface area contributed by atoms with Crippen molar-refractivity contribution >= 4 is 17.2 Å². The Morgan fingerprint density at radius 1 is 1.41 bits per heavy atom. The maximum Gasteiger partial charge on any atom is 0.221 e. The second-order valence-electron chi connectivity index (χ2n) is 5.49. The van der Waals surface area contributed by atoms with Crippen LogP contribution in [0.1, 0.15) is 30.2 Å². The van der Waals surface area contributed by atoms with Crippen molar-refractivity contribution in [1.29, 1.82) is 0 Å². The fourth-order valence-corrected chi connectivity index (χ4v) is 3.67. The van der Waals surface area contributed by atoms with Crippen LogP contribution in [0.15, 0.2) is 30.2 Å². The second-order valence-corrected chi connectivity index (χ2v) is 6.47. The van der Waals surface area contributed by atoms with Crippen LogP contribution < -0.4 is 5.32 Å². The third kappa shape index (κ3) is 3.92. The second kappa shape index (κ2) is 7.51. The van der Waals surface area contributed by atoms with Crippen LogP contribution in [0.3, 0.4) is 0 Å². The van der Waals surface area contributed by atoms with Gasteiger partial charge in [0.15, 0.2) is 0 Å². The molecule has 1 aliphatic heterocycles. The molecule has 1 fully saturated rings. The maximum atomic E-state index is 12.0. The lowest BCUT2D eigenvalue weighted by molar-refractivity contribution is -0.121. The van der Waals surface area contributed by atoms with Gasteiger partial charge in [0.2, 0.25) is 5.91 Å². The smallest absolute Gasteiger partial charge is 0.221 e. The molecule has 6 nitrogen and oxygen atoms in total. The van der Waals surface area contributed by atoms with Gasteiger partial charge in [0.05, 0.1) is 12.6 Å². The highest BCUT2D eigenvalue weighted by molar-refractivity contribution is 7.10. The van der Waals surface area contributed by atoms with Crippen molar-refractivity contribution in [2.45, 2.75) is 31.8 Å². The maximum absolute atomic E-state index is 12.0. The summed E-state index contributed by atoms with van der Waals surface area (Å²) < 4.78 is 1.68. The SMILES string of the molecule is O=C(CCn1cncn1)NC[C@@H](c1cccs1)N1CCCC1. The van der Waals surface area contributed by atoms with Gasteiger partial charge in [-0.15, -0.1) is 11.3 Å². The Morgan fingerprint density at radius 2 is 2.27 bits per heavy atom. The summed E-state index contributed by atoms with van der Waals surface area (Å²) in [4.78, 5) is 19.7. The lowest BCUT2D eigenvalue weighted by Gasteiger charge is -2.26. The van der Waals surface area contributed by atoms with Crippen LogP contribution in [0.25, 0.3) is 0 Å². The van der Waals surface area contributed by atoms with Gasteiger partial charge < -0.3 is 5.32 Å². The Kier molecular flexibility index (Phi) is 5.18. The molecule has 1 aliphatic rings. The van der Waals surface area contributed by atoms with Crippen molar-refractivity contribution in [2.75, 3.05) is 19.6 Å². The van der Waals surface area contributed by atoms with Gasteiger partial charge in [0, 0.05) is 17.8 Å². The summed E-state index contributed by atoms with van der Waals surface area (Å²) in [7, 11) is 0. The molecule has 0 aliphatic carbocycles. The molecular formula is C15H21N5OS. The van der Waals surface area contributed by atoms with Crippen LogP contribution in [0.4, 0.5) is 0 Å². The molecule has 0 radical (unpaired) electrons. The summed E-state index contributed by atoms with van der Waals surface area (Å²) in [5, 5.41) is 9.18. The molecule has 1 N–H and O–H groups in total. The number of aryl methyl sites for hydroxylation is 1. The fraction of sp³-hybridized carbons (Fsp3) is 0.533. The molecule has 0 bridgehead atoms. The van der Waals surface area contributed by atoms with Crippen LogP contribution in [0.5, 0.6) is 0 Å². The number of nitrogens with one attached hydrogen (secondary N) is 1. The predicted octanol–water partition coefficient (Wildman–Crippen LogP) is 1.68. The van der Waals surface area contributed by atoms with Crippen LogP contribution in [0, 0.1) is 0 Å². The molecule has 1 amide bonds. The highest BCUT2D eigenvalue weighted by Gasteiger charge is 2.24.